The Hall–Kier alpha value is -0.600. The summed E-state index contributed by atoms with van der Waals surface area (Å²) in [5, 5.41) is 8.38. The second-order valence-corrected chi connectivity index (χ2v) is 3.66. The Labute approximate surface area is 85.5 Å². The molecule has 3 heteroatoms. The van der Waals surface area contributed by atoms with Crippen LogP contribution in [0.2, 0.25) is 0 Å². The van der Waals surface area contributed by atoms with E-state index in [0.29, 0.717) is 12.8 Å². The fourth-order valence-electron chi connectivity index (χ4n) is 1.43. The third-order valence-corrected chi connectivity index (χ3v) is 2.27. The second-order valence-electron chi connectivity index (χ2n) is 3.66. The zero-order valence-corrected chi connectivity index (χ0v) is 8.80. The van der Waals surface area contributed by atoms with Crippen LogP contribution in [0.3, 0.4) is 0 Å². The van der Waals surface area contributed by atoms with Gasteiger partial charge >= 0.3 is 5.97 Å². The quantitative estimate of drug-likeness (QED) is 0.552. The fraction of sp³-hybridized carbons (Fsp3) is 0.909. The maximum Gasteiger partial charge on any atom is 0.303 e. The Kier molecular flexibility index (Phi) is 10.0. The summed E-state index contributed by atoms with van der Waals surface area (Å²) < 4.78 is 11.7. The largest absolute Gasteiger partial charge is 0.481 e. The molecule has 0 aliphatic carbocycles. The van der Waals surface area contributed by atoms with Crippen LogP contribution in [0.1, 0.15) is 57.8 Å². The van der Waals surface area contributed by atoms with Crippen LogP contribution in [0.4, 0.5) is 4.39 Å². The summed E-state index contributed by atoms with van der Waals surface area (Å²) in [4.78, 5) is 10.2. The zero-order chi connectivity index (χ0) is 10.6. The highest BCUT2D eigenvalue weighted by molar-refractivity contribution is 5.66. The summed E-state index contributed by atoms with van der Waals surface area (Å²) >= 11 is 0. The van der Waals surface area contributed by atoms with Gasteiger partial charge in [-0.1, -0.05) is 38.5 Å². The first-order valence-corrected chi connectivity index (χ1v) is 5.55. The minimum absolute atomic E-state index is 0.196. The van der Waals surface area contributed by atoms with E-state index < -0.39 is 5.97 Å². The van der Waals surface area contributed by atoms with Gasteiger partial charge in [-0.05, 0) is 12.8 Å². The van der Waals surface area contributed by atoms with Crippen LogP contribution in [-0.4, -0.2) is 17.8 Å². The van der Waals surface area contributed by atoms with Crippen molar-refractivity contribution in [3.8, 4) is 0 Å². The van der Waals surface area contributed by atoms with E-state index in [2.05, 4.69) is 0 Å². The van der Waals surface area contributed by atoms with Crippen molar-refractivity contribution in [2.75, 3.05) is 6.67 Å². The summed E-state index contributed by atoms with van der Waals surface area (Å²) in [6.45, 7) is -0.196. The number of carboxylic acid groups (broad SMARTS) is 1. The van der Waals surface area contributed by atoms with Crippen molar-refractivity contribution < 1.29 is 14.3 Å². The predicted molar refractivity (Wildman–Crippen MR) is 55.2 cm³/mol. The van der Waals surface area contributed by atoms with Crippen molar-refractivity contribution >= 4 is 5.97 Å². The Morgan fingerprint density at radius 3 is 1.71 bits per heavy atom. The molecule has 0 fully saturated rings. The Morgan fingerprint density at radius 2 is 1.29 bits per heavy atom. The molecule has 0 radical (unpaired) electrons. The van der Waals surface area contributed by atoms with E-state index in [9.17, 15) is 9.18 Å². The van der Waals surface area contributed by atoms with E-state index in [-0.39, 0.29) is 6.67 Å². The lowest BCUT2D eigenvalue weighted by molar-refractivity contribution is -0.137. The normalized spacial score (nSPS) is 10.4. The van der Waals surface area contributed by atoms with Gasteiger partial charge in [-0.3, -0.25) is 9.18 Å². The molecule has 0 saturated heterocycles. The van der Waals surface area contributed by atoms with Crippen molar-refractivity contribution in [1.29, 1.82) is 0 Å². The van der Waals surface area contributed by atoms with E-state index in [1.54, 1.807) is 0 Å². The van der Waals surface area contributed by atoms with E-state index in [1.165, 1.54) is 0 Å². The van der Waals surface area contributed by atoms with Gasteiger partial charge < -0.3 is 5.11 Å². The number of aliphatic carboxylic acids is 1. The summed E-state index contributed by atoms with van der Waals surface area (Å²) in [7, 11) is 0. The van der Waals surface area contributed by atoms with Gasteiger partial charge in [-0.15, -0.1) is 0 Å². The van der Waals surface area contributed by atoms with Gasteiger partial charge in [-0.2, -0.15) is 0 Å². The first-order valence-electron chi connectivity index (χ1n) is 5.55. The van der Waals surface area contributed by atoms with Crippen LogP contribution in [0.15, 0.2) is 0 Å². The maximum atomic E-state index is 11.7. The fourth-order valence-corrected chi connectivity index (χ4v) is 1.43. The Morgan fingerprint density at radius 1 is 0.857 bits per heavy atom. The van der Waals surface area contributed by atoms with Crippen molar-refractivity contribution in [1.82, 2.24) is 0 Å². The third kappa shape index (κ3) is 11.4. The lowest BCUT2D eigenvalue weighted by Gasteiger charge is -1.99. The lowest BCUT2D eigenvalue weighted by atomic mass is 10.1. The molecule has 0 amide bonds. The van der Waals surface area contributed by atoms with Gasteiger partial charge in [0.2, 0.25) is 0 Å². The van der Waals surface area contributed by atoms with Crippen molar-refractivity contribution in [3.05, 3.63) is 0 Å². The molecule has 0 atom stereocenters. The van der Waals surface area contributed by atoms with Gasteiger partial charge in [0.1, 0.15) is 0 Å². The first kappa shape index (κ1) is 13.4. The standard InChI is InChI=1S/C11H21FO2/c12-10-8-6-4-2-1-3-5-7-9-11(13)14/h1-10H2,(H,13,14). The van der Waals surface area contributed by atoms with Gasteiger partial charge in [0, 0.05) is 6.42 Å². The van der Waals surface area contributed by atoms with Gasteiger partial charge in [0.25, 0.3) is 0 Å². The lowest BCUT2D eigenvalue weighted by Crippen LogP contribution is -1.93. The second kappa shape index (κ2) is 10.5. The molecule has 0 aliphatic rings. The van der Waals surface area contributed by atoms with Gasteiger partial charge in [0.05, 0.1) is 6.67 Å². The number of rotatable bonds is 10. The van der Waals surface area contributed by atoms with Crippen LogP contribution < -0.4 is 0 Å². The SMILES string of the molecule is O=C(O)CCCCCCCCCCF. The van der Waals surface area contributed by atoms with Crippen LogP contribution in [0.25, 0.3) is 0 Å². The predicted octanol–water partition coefficient (Wildman–Crippen LogP) is 3.55. The average molecular weight is 204 g/mol. The third-order valence-electron chi connectivity index (χ3n) is 2.27. The van der Waals surface area contributed by atoms with Crippen LogP contribution in [0, 0.1) is 0 Å². The molecule has 1 N–H and O–H groups in total. The topological polar surface area (TPSA) is 37.3 Å². The van der Waals surface area contributed by atoms with E-state index in [1.807, 2.05) is 0 Å². The Bertz CT molecular complexity index is 137. The highest BCUT2D eigenvalue weighted by Gasteiger charge is 1.96. The maximum absolute atomic E-state index is 11.7. The highest BCUT2D eigenvalue weighted by atomic mass is 19.1. The summed E-state index contributed by atoms with van der Waals surface area (Å²) in [5.74, 6) is -0.701. The summed E-state index contributed by atoms with van der Waals surface area (Å²) in [6, 6.07) is 0. The smallest absolute Gasteiger partial charge is 0.303 e. The number of hydrogen-bond donors (Lipinski definition) is 1. The highest BCUT2D eigenvalue weighted by Crippen LogP contribution is 2.09. The molecular weight excluding hydrogens is 183 g/mol. The van der Waals surface area contributed by atoms with Crippen LogP contribution in [0.5, 0.6) is 0 Å². The molecule has 0 aromatic carbocycles. The molecule has 14 heavy (non-hydrogen) atoms. The molecule has 0 heterocycles. The number of alkyl halides is 1. The number of halogens is 1. The molecule has 0 spiro atoms. The minimum atomic E-state index is -0.701. The van der Waals surface area contributed by atoms with Gasteiger partial charge in [-0.25, -0.2) is 0 Å². The molecule has 0 aliphatic heterocycles. The number of hydrogen-bond acceptors (Lipinski definition) is 1. The number of carbonyl (C=O) groups is 1. The van der Waals surface area contributed by atoms with E-state index in [4.69, 9.17) is 5.11 Å². The van der Waals surface area contributed by atoms with Crippen molar-refractivity contribution in [2.45, 2.75) is 57.8 Å². The molecule has 0 rings (SSSR count). The van der Waals surface area contributed by atoms with Crippen molar-refractivity contribution in [2.24, 2.45) is 0 Å². The molecule has 0 bridgehead atoms. The minimum Gasteiger partial charge on any atom is -0.481 e. The van der Waals surface area contributed by atoms with Crippen LogP contribution >= 0.6 is 0 Å². The zero-order valence-electron chi connectivity index (χ0n) is 8.80. The molecule has 0 aromatic heterocycles. The molecular formula is C11H21FO2. The van der Waals surface area contributed by atoms with Crippen molar-refractivity contribution in [3.63, 3.8) is 0 Å². The van der Waals surface area contributed by atoms with Gasteiger partial charge in [0.15, 0.2) is 0 Å². The number of carboxylic acids is 1. The monoisotopic (exact) mass is 204 g/mol. The van der Waals surface area contributed by atoms with Crippen LogP contribution in [-0.2, 0) is 4.79 Å². The Balaban J connectivity index is 2.88. The molecule has 0 aromatic rings. The summed E-state index contributed by atoms with van der Waals surface area (Å²) in [5.41, 5.74) is 0. The molecule has 2 nitrogen and oxygen atoms in total. The van der Waals surface area contributed by atoms with E-state index in [0.717, 1.165) is 44.9 Å². The average Bonchev–Trinajstić information content (AvgIpc) is 2.15. The first-order chi connectivity index (χ1) is 6.77. The summed E-state index contributed by atoms with van der Waals surface area (Å²) in [6.07, 6.45) is 8.33. The molecule has 0 saturated carbocycles. The molecule has 0 unspecified atom stereocenters. The number of unbranched alkanes of at least 4 members (excludes halogenated alkanes) is 7. The molecule has 84 valence electrons. The van der Waals surface area contributed by atoms with E-state index >= 15 is 0 Å².